The number of hydrogen-bond acceptors (Lipinski definition) is 5. The first-order valence-corrected chi connectivity index (χ1v) is 10.5. The fourth-order valence-corrected chi connectivity index (χ4v) is 4.10. The molecular formula is C22H23F2N7. The summed E-state index contributed by atoms with van der Waals surface area (Å²) in [6.45, 7) is 1.29. The van der Waals surface area contributed by atoms with Crippen LogP contribution in [-0.4, -0.2) is 41.6 Å². The molecule has 5 rings (SSSR count). The second-order valence-electron chi connectivity index (χ2n) is 7.82. The highest BCUT2D eigenvalue weighted by molar-refractivity contribution is 5.82. The van der Waals surface area contributed by atoms with Gasteiger partial charge in [0, 0.05) is 17.8 Å². The molecule has 31 heavy (non-hydrogen) atoms. The number of nitrogens with zero attached hydrogens (tertiary/aromatic N) is 6. The van der Waals surface area contributed by atoms with Gasteiger partial charge in [-0.05, 0) is 50.8 Å². The van der Waals surface area contributed by atoms with Crippen LogP contribution in [0.2, 0.25) is 0 Å². The van der Waals surface area contributed by atoms with Crippen LogP contribution < -0.4 is 5.32 Å². The van der Waals surface area contributed by atoms with Crippen LogP contribution in [0, 0.1) is 6.92 Å². The van der Waals surface area contributed by atoms with E-state index in [1.807, 2.05) is 24.4 Å². The summed E-state index contributed by atoms with van der Waals surface area (Å²) >= 11 is 0. The van der Waals surface area contributed by atoms with Crippen LogP contribution >= 0.6 is 0 Å². The van der Waals surface area contributed by atoms with Crippen LogP contribution in [-0.2, 0) is 6.54 Å². The van der Waals surface area contributed by atoms with E-state index in [2.05, 4.69) is 37.5 Å². The molecule has 4 heterocycles. The van der Waals surface area contributed by atoms with Crippen molar-refractivity contribution in [2.75, 3.05) is 5.32 Å². The molecule has 4 aromatic rings. The second kappa shape index (κ2) is 8.05. The average molecular weight is 423 g/mol. The molecule has 0 unspecified atom stereocenters. The number of alkyl halides is 2. The van der Waals surface area contributed by atoms with Crippen LogP contribution in [0.25, 0.3) is 27.9 Å². The lowest BCUT2D eigenvalue weighted by molar-refractivity contribution is 0.127. The Labute approximate surface area is 177 Å². The summed E-state index contributed by atoms with van der Waals surface area (Å²) < 4.78 is 29.2. The van der Waals surface area contributed by atoms with E-state index < -0.39 is 13.0 Å². The van der Waals surface area contributed by atoms with E-state index in [-0.39, 0.29) is 0 Å². The molecule has 160 valence electrons. The number of fused-ring (bicyclic) bond motifs is 2. The van der Waals surface area contributed by atoms with Gasteiger partial charge in [0.1, 0.15) is 11.3 Å². The Bertz CT molecular complexity index is 1260. The molecular weight excluding hydrogens is 400 g/mol. The van der Waals surface area contributed by atoms with Gasteiger partial charge in [0.05, 0.1) is 24.0 Å². The third-order valence-electron chi connectivity index (χ3n) is 5.64. The predicted octanol–water partition coefficient (Wildman–Crippen LogP) is 4.63. The summed E-state index contributed by atoms with van der Waals surface area (Å²) in [6, 6.07) is 5.90. The second-order valence-corrected chi connectivity index (χ2v) is 7.82. The molecule has 1 aliphatic carbocycles. The van der Waals surface area contributed by atoms with Crippen molar-refractivity contribution in [1.82, 2.24) is 29.1 Å². The Balaban J connectivity index is 1.47. The Hall–Kier alpha value is -3.36. The quantitative estimate of drug-likeness (QED) is 0.474. The first-order valence-electron chi connectivity index (χ1n) is 10.5. The summed E-state index contributed by atoms with van der Waals surface area (Å²) in [4.78, 5) is 13.5. The van der Waals surface area contributed by atoms with Gasteiger partial charge in [0.25, 0.3) is 6.43 Å². The highest BCUT2D eigenvalue weighted by Gasteiger charge is 2.16. The molecule has 0 saturated carbocycles. The van der Waals surface area contributed by atoms with Crippen molar-refractivity contribution in [2.45, 2.75) is 51.6 Å². The summed E-state index contributed by atoms with van der Waals surface area (Å²) in [6.07, 6.45) is 9.91. The minimum atomic E-state index is -2.47. The zero-order valence-electron chi connectivity index (χ0n) is 17.2. The van der Waals surface area contributed by atoms with Crippen LogP contribution in [0.4, 0.5) is 14.7 Å². The van der Waals surface area contributed by atoms with Crippen molar-refractivity contribution >= 4 is 22.6 Å². The molecule has 1 atom stereocenters. The highest BCUT2D eigenvalue weighted by Crippen LogP contribution is 2.27. The SMILES string of the molecule is Cc1nc2ccc(-c3ccn4nc(N[C@@H]5CC=CCCC5)ncc34)nc2n1CC(F)F. The monoisotopic (exact) mass is 423 g/mol. The number of imidazole rings is 1. The van der Waals surface area contributed by atoms with Gasteiger partial charge in [-0.25, -0.2) is 28.2 Å². The molecule has 0 spiro atoms. The summed E-state index contributed by atoms with van der Waals surface area (Å²) in [5.41, 5.74) is 3.37. The predicted molar refractivity (Wildman–Crippen MR) is 115 cm³/mol. The smallest absolute Gasteiger partial charge is 0.256 e. The van der Waals surface area contributed by atoms with E-state index in [1.165, 1.54) is 4.57 Å². The molecule has 0 bridgehead atoms. The number of rotatable bonds is 5. The van der Waals surface area contributed by atoms with E-state index in [1.54, 1.807) is 17.6 Å². The standard InChI is InChI=1S/C22H23F2N7/c1-14-26-18-9-8-17(28-21(18)30(14)13-20(23)24)16-10-11-31-19(16)12-25-22(29-31)27-15-6-4-2-3-5-7-15/h2,4,8-12,15,20H,3,5-7,13H2,1H3,(H,27,29)/t15-/m1/s1. The zero-order valence-corrected chi connectivity index (χ0v) is 17.2. The molecule has 9 heteroatoms. The molecule has 0 radical (unpaired) electrons. The molecule has 0 aromatic carbocycles. The van der Waals surface area contributed by atoms with Crippen LogP contribution in [0.3, 0.4) is 0 Å². The van der Waals surface area contributed by atoms with Crippen LogP contribution in [0.15, 0.2) is 42.7 Å². The maximum atomic E-state index is 13.0. The van der Waals surface area contributed by atoms with Gasteiger partial charge in [-0.2, -0.15) is 0 Å². The Morgan fingerprint density at radius 1 is 1.19 bits per heavy atom. The first kappa shape index (κ1) is 19.6. The fourth-order valence-electron chi connectivity index (χ4n) is 4.10. The molecule has 0 fully saturated rings. The molecule has 1 aliphatic rings. The van der Waals surface area contributed by atoms with Gasteiger partial charge < -0.3 is 9.88 Å². The highest BCUT2D eigenvalue weighted by atomic mass is 19.3. The first-order chi connectivity index (χ1) is 15.1. The van der Waals surface area contributed by atoms with Crippen LogP contribution in [0.1, 0.15) is 31.5 Å². The van der Waals surface area contributed by atoms with Crippen LogP contribution in [0.5, 0.6) is 0 Å². The number of aryl methyl sites for hydroxylation is 1. The molecule has 0 aliphatic heterocycles. The van der Waals surface area contributed by atoms with Crippen molar-refractivity contribution in [3.8, 4) is 11.3 Å². The third kappa shape index (κ3) is 3.87. The largest absolute Gasteiger partial charge is 0.350 e. The van der Waals surface area contributed by atoms with Gasteiger partial charge >= 0.3 is 0 Å². The van der Waals surface area contributed by atoms with Gasteiger partial charge in [0.15, 0.2) is 5.65 Å². The third-order valence-corrected chi connectivity index (χ3v) is 5.64. The number of nitrogens with one attached hydrogen (secondary N) is 1. The molecule has 1 N–H and O–H groups in total. The van der Waals surface area contributed by atoms with E-state index >= 15 is 0 Å². The molecule has 4 aromatic heterocycles. The molecule has 7 nitrogen and oxygen atoms in total. The van der Waals surface area contributed by atoms with Gasteiger partial charge in [-0.3, -0.25) is 0 Å². The Kier molecular flexibility index (Phi) is 5.09. The maximum absolute atomic E-state index is 13.0. The van der Waals surface area contributed by atoms with Crippen molar-refractivity contribution in [3.05, 3.63) is 48.6 Å². The summed E-state index contributed by atoms with van der Waals surface area (Å²) in [5, 5.41) is 8.02. The maximum Gasteiger partial charge on any atom is 0.256 e. The summed E-state index contributed by atoms with van der Waals surface area (Å²) in [7, 11) is 0. The van der Waals surface area contributed by atoms with Gasteiger partial charge in [-0.15, -0.1) is 5.10 Å². The van der Waals surface area contributed by atoms with E-state index in [4.69, 9.17) is 0 Å². The van der Waals surface area contributed by atoms with Gasteiger partial charge in [-0.1, -0.05) is 12.2 Å². The lowest BCUT2D eigenvalue weighted by atomic mass is 10.1. The van der Waals surface area contributed by atoms with Crippen molar-refractivity contribution < 1.29 is 8.78 Å². The number of halogens is 2. The molecule has 0 saturated heterocycles. The fraction of sp³-hybridized carbons (Fsp3) is 0.364. The minimum absolute atomic E-state index is 0.327. The van der Waals surface area contributed by atoms with E-state index in [9.17, 15) is 8.78 Å². The Morgan fingerprint density at radius 3 is 2.97 bits per heavy atom. The topological polar surface area (TPSA) is 72.9 Å². The van der Waals surface area contributed by atoms with Crippen molar-refractivity contribution in [2.24, 2.45) is 0 Å². The normalized spacial score (nSPS) is 17.0. The van der Waals surface area contributed by atoms with E-state index in [0.717, 1.165) is 36.8 Å². The average Bonchev–Trinajstić information content (AvgIpc) is 3.18. The van der Waals surface area contributed by atoms with E-state index in [0.29, 0.717) is 34.7 Å². The lowest BCUT2D eigenvalue weighted by Crippen LogP contribution is -2.20. The zero-order chi connectivity index (χ0) is 21.4. The lowest BCUT2D eigenvalue weighted by Gasteiger charge is -2.15. The number of anilines is 1. The minimum Gasteiger partial charge on any atom is -0.350 e. The number of allylic oxidation sites excluding steroid dienone is 1. The molecule has 0 amide bonds. The van der Waals surface area contributed by atoms with Crippen molar-refractivity contribution in [3.63, 3.8) is 0 Å². The van der Waals surface area contributed by atoms with Gasteiger partial charge in [0.2, 0.25) is 5.95 Å². The summed E-state index contributed by atoms with van der Waals surface area (Å²) in [5.74, 6) is 1.11. The number of aromatic nitrogens is 6. The number of pyridine rings is 1. The Morgan fingerprint density at radius 2 is 2.10 bits per heavy atom. The van der Waals surface area contributed by atoms with Crippen molar-refractivity contribution in [1.29, 1.82) is 0 Å². The number of hydrogen-bond donors (Lipinski definition) is 1.